The Bertz CT molecular complexity index is 873. The van der Waals surface area contributed by atoms with Crippen LogP contribution < -0.4 is 0 Å². The Labute approximate surface area is 139 Å². The molecule has 4 heteroatoms. The number of hydrogen-bond donors (Lipinski definition) is 0. The van der Waals surface area contributed by atoms with Crippen LogP contribution in [0, 0.1) is 6.92 Å². The fraction of sp³-hybridized carbons (Fsp3) is 0.368. The molecule has 0 N–H and O–H groups in total. The number of carbonyl (C=O) groups is 2. The minimum Gasteiger partial charge on any atom is -0.463 e. The second-order valence-corrected chi connectivity index (χ2v) is 7.65. The minimum absolute atomic E-state index is 0.0571. The lowest BCUT2D eigenvalue weighted by molar-refractivity contribution is 0.0813. The molecule has 0 bridgehead atoms. The van der Waals surface area contributed by atoms with E-state index in [2.05, 4.69) is 13.8 Å². The molecule has 0 radical (unpaired) electrons. The Morgan fingerprint density at radius 1 is 1.17 bits per heavy atom. The van der Waals surface area contributed by atoms with E-state index in [0.717, 1.165) is 24.0 Å². The predicted molar refractivity (Wildman–Crippen MR) is 88.4 cm³/mol. The number of ketones is 2. The van der Waals surface area contributed by atoms with Crippen molar-refractivity contribution in [1.82, 2.24) is 0 Å². The highest BCUT2D eigenvalue weighted by molar-refractivity contribution is 6.53. The van der Waals surface area contributed by atoms with Crippen LogP contribution in [0.25, 0.3) is 11.3 Å². The van der Waals surface area contributed by atoms with Crippen LogP contribution in [0.5, 0.6) is 0 Å². The molecule has 0 spiro atoms. The van der Waals surface area contributed by atoms with Gasteiger partial charge in [0, 0.05) is 11.1 Å². The highest BCUT2D eigenvalue weighted by Gasteiger charge is 2.41. The molecule has 23 heavy (non-hydrogen) atoms. The number of furan rings is 1. The molecule has 2 aliphatic carbocycles. The van der Waals surface area contributed by atoms with Crippen molar-refractivity contribution in [3.8, 4) is 11.3 Å². The van der Waals surface area contributed by atoms with Gasteiger partial charge in [0.2, 0.25) is 11.6 Å². The van der Waals surface area contributed by atoms with Gasteiger partial charge in [-0.05, 0) is 41.9 Å². The van der Waals surface area contributed by atoms with E-state index in [-0.39, 0.29) is 10.8 Å². The van der Waals surface area contributed by atoms with Crippen LogP contribution in [0.3, 0.4) is 0 Å². The van der Waals surface area contributed by atoms with Crippen molar-refractivity contribution in [2.45, 2.75) is 44.4 Å². The molecule has 118 valence electrons. The molecule has 1 heterocycles. The first-order valence-electron chi connectivity index (χ1n) is 7.82. The maximum absolute atomic E-state index is 12.8. The van der Waals surface area contributed by atoms with Gasteiger partial charge in [0.25, 0.3) is 0 Å². The average Bonchev–Trinajstić information content (AvgIpc) is 2.90. The SMILES string of the molecule is Cc1coc2c1C(=O)C(=O)c1c-2ccc2c1C(Cl)CCC2(C)C. The maximum Gasteiger partial charge on any atom is 0.237 e. The van der Waals surface area contributed by atoms with Crippen molar-refractivity contribution in [3.05, 3.63) is 46.2 Å². The molecule has 0 saturated heterocycles. The molecule has 1 aromatic heterocycles. The predicted octanol–water partition coefficient (Wildman–Crippen LogP) is 4.99. The summed E-state index contributed by atoms with van der Waals surface area (Å²) in [5.41, 5.74) is 4.06. The molecule has 1 aromatic carbocycles. The van der Waals surface area contributed by atoms with E-state index in [9.17, 15) is 9.59 Å². The summed E-state index contributed by atoms with van der Waals surface area (Å²) in [6.07, 6.45) is 3.29. The first kappa shape index (κ1) is 14.7. The molecule has 0 amide bonds. The molecular formula is C19H17ClO3. The lowest BCUT2D eigenvalue weighted by Gasteiger charge is -2.37. The summed E-state index contributed by atoms with van der Waals surface area (Å²) < 4.78 is 5.59. The van der Waals surface area contributed by atoms with Crippen molar-refractivity contribution < 1.29 is 14.0 Å². The molecule has 3 nitrogen and oxygen atoms in total. The quantitative estimate of drug-likeness (QED) is 0.506. The van der Waals surface area contributed by atoms with Crippen LogP contribution in [0.4, 0.5) is 0 Å². The van der Waals surface area contributed by atoms with Crippen LogP contribution in [0.2, 0.25) is 0 Å². The van der Waals surface area contributed by atoms with Gasteiger partial charge in [0.1, 0.15) is 5.76 Å². The normalized spacial score (nSPS) is 21.7. The minimum atomic E-state index is -0.487. The Kier molecular flexibility index (Phi) is 2.92. The summed E-state index contributed by atoms with van der Waals surface area (Å²) in [5.74, 6) is -0.450. The highest BCUT2D eigenvalue weighted by atomic mass is 35.5. The fourth-order valence-electron chi connectivity index (χ4n) is 3.89. The number of aryl methyl sites for hydroxylation is 1. The Balaban J connectivity index is 2.10. The van der Waals surface area contributed by atoms with Crippen LogP contribution >= 0.6 is 11.6 Å². The summed E-state index contributed by atoms with van der Waals surface area (Å²) in [6, 6.07) is 3.93. The number of Topliss-reactive ketones (excluding diaryl/α,β-unsaturated/α-hetero) is 2. The van der Waals surface area contributed by atoms with Gasteiger partial charge in [0.05, 0.1) is 17.2 Å². The zero-order valence-corrected chi connectivity index (χ0v) is 14.1. The Morgan fingerprint density at radius 3 is 2.61 bits per heavy atom. The fourth-order valence-corrected chi connectivity index (χ4v) is 4.22. The summed E-state index contributed by atoms with van der Waals surface area (Å²) in [5, 5.41) is -0.248. The van der Waals surface area contributed by atoms with Crippen molar-refractivity contribution >= 4 is 23.2 Å². The molecule has 0 aliphatic heterocycles. The van der Waals surface area contributed by atoms with Gasteiger partial charge in [-0.15, -0.1) is 11.6 Å². The maximum atomic E-state index is 12.8. The number of benzene rings is 1. The van der Waals surface area contributed by atoms with Gasteiger partial charge in [0.15, 0.2) is 0 Å². The third-order valence-corrected chi connectivity index (χ3v) is 5.63. The second-order valence-electron chi connectivity index (χ2n) is 7.12. The standard InChI is InChI=1S/C19H17ClO3/c1-9-8-23-18-10-4-5-11-15(12(20)6-7-19(11,2)3)14(10)17(22)16(21)13(9)18/h4-5,8,12H,6-7H2,1-3H3. The van der Waals surface area contributed by atoms with Crippen LogP contribution in [0.1, 0.15) is 69.5 Å². The number of halogens is 1. The van der Waals surface area contributed by atoms with E-state index in [4.69, 9.17) is 16.0 Å². The number of carbonyl (C=O) groups excluding carboxylic acids is 2. The van der Waals surface area contributed by atoms with E-state index in [1.807, 2.05) is 12.1 Å². The molecule has 4 rings (SSSR count). The molecule has 0 saturated carbocycles. The summed E-state index contributed by atoms with van der Waals surface area (Å²) in [4.78, 5) is 25.4. The topological polar surface area (TPSA) is 47.3 Å². The van der Waals surface area contributed by atoms with Crippen LogP contribution in [0.15, 0.2) is 22.8 Å². The monoisotopic (exact) mass is 328 g/mol. The van der Waals surface area contributed by atoms with E-state index >= 15 is 0 Å². The van der Waals surface area contributed by atoms with Crippen LogP contribution in [-0.4, -0.2) is 11.6 Å². The smallest absolute Gasteiger partial charge is 0.237 e. The van der Waals surface area contributed by atoms with E-state index in [1.165, 1.54) is 6.26 Å². The average molecular weight is 329 g/mol. The molecule has 1 unspecified atom stereocenters. The molecular weight excluding hydrogens is 312 g/mol. The van der Waals surface area contributed by atoms with Gasteiger partial charge < -0.3 is 4.42 Å². The molecule has 2 aliphatic rings. The number of fused-ring (bicyclic) bond motifs is 5. The summed E-state index contributed by atoms with van der Waals surface area (Å²) in [7, 11) is 0. The Hall–Kier alpha value is -1.87. The Morgan fingerprint density at radius 2 is 1.87 bits per heavy atom. The van der Waals surface area contributed by atoms with Crippen molar-refractivity contribution in [2.24, 2.45) is 0 Å². The summed E-state index contributed by atoms with van der Waals surface area (Å²) in [6.45, 7) is 6.08. The lowest BCUT2D eigenvalue weighted by atomic mass is 9.69. The van der Waals surface area contributed by atoms with Crippen LogP contribution in [-0.2, 0) is 5.41 Å². The van der Waals surface area contributed by atoms with Gasteiger partial charge in [-0.25, -0.2) is 0 Å². The van der Waals surface area contributed by atoms with Crippen molar-refractivity contribution in [2.75, 3.05) is 0 Å². The number of alkyl halides is 1. The van der Waals surface area contributed by atoms with Crippen molar-refractivity contribution in [3.63, 3.8) is 0 Å². The van der Waals surface area contributed by atoms with E-state index in [1.54, 1.807) is 6.92 Å². The summed E-state index contributed by atoms with van der Waals surface area (Å²) >= 11 is 6.56. The lowest BCUT2D eigenvalue weighted by Crippen LogP contribution is -2.30. The molecule has 2 aromatic rings. The first-order chi connectivity index (χ1) is 10.8. The van der Waals surface area contributed by atoms with E-state index < -0.39 is 11.6 Å². The third-order valence-electron chi connectivity index (χ3n) is 5.19. The number of rotatable bonds is 0. The largest absolute Gasteiger partial charge is 0.463 e. The van der Waals surface area contributed by atoms with Gasteiger partial charge in [-0.2, -0.15) is 0 Å². The van der Waals surface area contributed by atoms with E-state index in [0.29, 0.717) is 28.0 Å². The zero-order chi connectivity index (χ0) is 16.5. The van der Waals surface area contributed by atoms with Gasteiger partial charge in [-0.1, -0.05) is 26.0 Å². The van der Waals surface area contributed by atoms with Gasteiger partial charge >= 0.3 is 0 Å². The molecule has 0 fully saturated rings. The molecule has 1 atom stereocenters. The van der Waals surface area contributed by atoms with Crippen molar-refractivity contribution in [1.29, 1.82) is 0 Å². The zero-order valence-electron chi connectivity index (χ0n) is 13.3. The number of hydrogen-bond acceptors (Lipinski definition) is 3. The third kappa shape index (κ3) is 1.83. The highest BCUT2D eigenvalue weighted by Crippen LogP contribution is 2.49. The first-order valence-corrected chi connectivity index (χ1v) is 8.25. The van der Waals surface area contributed by atoms with Gasteiger partial charge in [-0.3, -0.25) is 9.59 Å². The second kappa shape index (κ2) is 4.57.